The van der Waals surface area contributed by atoms with Gasteiger partial charge in [0.25, 0.3) is 5.91 Å². The summed E-state index contributed by atoms with van der Waals surface area (Å²) in [4.78, 5) is 20.7. The molecule has 1 amide bonds. The van der Waals surface area contributed by atoms with Gasteiger partial charge in [-0.3, -0.25) is 14.7 Å². The smallest absolute Gasteiger partial charge is 0.255 e. The lowest BCUT2D eigenvalue weighted by atomic mass is 9.94. The quantitative estimate of drug-likeness (QED) is 0.821. The second kappa shape index (κ2) is 4.76. The molecule has 6 nitrogen and oxygen atoms in total. The summed E-state index contributed by atoms with van der Waals surface area (Å²) in [5.74, 6) is 2.18. The van der Waals surface area contributed by atoms with E-state index in [2.05, 4.69) is 9.89 Å². The molecule has 0 saturated carbocycles. The lowest BCUT2D eigenvalue weighted by Gasteiger charge is -2.39. The largest absolute Gasteiger partial charge is 0.493 e. The first-order chi connectivity index (χ1) is 10.7. The molecule has 1 aromatic rings. The van der Waals surface area contributed by atoms with Crippen molar-refractivity contribution in [2.45, 2.75) is 6.42 Å². The fourth-order valence-electron chi connectivity index (χ4n) is 3.30. The van der Waals surface area contributed by atoms with Crippen molar-refractivity contribution in [3.8, 4) is 11.5 Å². The lowest BCUT2D eigenvalue weighted by Crippen LogP contribution is -2.49. The van der Waals surface area contributed by atoms with Gasteiger partial charge in [0.1, 0.15) is 0 Å². The Hall–Kier alpha value is -2.50. The molecule has 0 aromatic heterocycles. The van der Waals surface area contributed by atoms with Crippen molar-refractivity contribution in [1.29, 1.82) is 0 Å². The number of methoxy groups -OCH3 is 2. The highest BCUT2D eigenvalue weighted by molar-refractivity contribution is 6.13. The normalized spacial score (nSPS) is 19.1. The number of benzene rings is 1. The molecule has 0 aliphatic carbocycles. The Morgan fingerprint density at radius 2 is 1.86 bits per heavy atom. The van der Waals surface area contributed by atoms with E-state index in [9.17, 15) is 4.79 Å². The SMILES string of the molecule is COc1cc2c(cc1OC)C1=CC(=O)N3CCN=C3N1CC2. The molecule has 1 aromatic carbocycles. The lowest BCUT2D eigenvalue weighted by molar-refractivity contribution is -0.122. The van der Waals surface area contributed by atoms with Crippen molar-refractivity contribution in [2.75, 3.05) is 33.9 Å². The zero-order valence-corrected chi connectivity index (χ0v) is 12.6. The molecule has 0 radical (unpaired) electrons. The number of aliphatic imine (C=N–C) groups is 1. The molecule has 0 N–H and O–H groups in total. The van der Waals surface area contributed by atoms with Gasteiger partial charge >= 0.3 is 0 Å². The van der Waals surface area contributed by atoms with E-state index in [0.29, 0.717) is 18.8 Å². The summed E-state index contributed by atoms with van der Waals surface area (Å²) in [6, 6.07) is 3.95. The maximum atomic E-state index is 12.3. The number of guanidine groups is 1. The van der Waals surface area contributed by atoms with Crippen LogP contribution in [-0.4, -0.2) is 55.5 Å². The Morgan fingerprint density at radius 1 is 1.09 bits per heavy atom. The van der Waals surface area contributed by atoms with Gasteiger partial charge in [0.15, 0.2) is 11.5 Å². The van der Waals surface area contributed by atoms with E-state index in [-0.39, 0.29) is 5.91 Å². The van der Waals surface area contributed by atoms with Crippen LogP contribution in [0.1, 0.15) is 11.1 Å². The van der Waals surface area contributed by atoms with Gasteiger partial charge in [-0.05, 0) is 24.1 Å². The summed E-state index contributed by atoms with van der Waals surface area (Å²) < 4.78 is 10.8. The van der Waals surface area contributed by atoms with Crippen LogP contribution in [0.25, 0.3) is 5.70 Å². The number of hydrogen-bond donors (Lipinski definition) is 0. The van der Waals surface area contributed by atoms with E-state index in [0.717, 1.165) is 35.9 Å². The molecule has 114 valence electrons. The second-order valence-electron chi connectivity index (χ2n) is 5.47. The number of carbonyl (C=O) groups excluding carboxylic acids is 1. The molecule has 4 rings (SSSR count). The molecule has 0 spiro atoms. The maximum Gasteiger partial charge on any atom is 0.255 e. The number of nitrogens with zero attached hydrogens (tertiary/aromatic N) is 3. The molecular formula is C16H17N3O3. The van der Waals surface area contributed by atoms with Gasteiger partial charge in [-0.1, -0.05) is 0 Å². The third-order valence-corrected chi connectivity index (χ3v) is 4.37. The van der Waals surface area contributed by atoms with Gasteiger partial charge in [-0.2, -0.15) is 0 Å². The first-order valence-corrected chi connectivity index (χ1v) is 7.33. The molecule has 22 heavy (non-hydrogen) atoms. The first-order valence-electron chi connectivity index (χ1n) is 7.33. The highest BCUT2D eigenvalue weighted by atomic mass is 16.5. The van der Waals surface area contributed by atoms with Crippen LogP contribution in [0, 0.1) is 0 Å². The van der Waals surface area contributed by atoms with Crippen LogP contribution in [0.3, 0.4) is 0 Å². The fraction of sp³-hybridized carbons (Fsp3) is 0.375. The molecule has 0 unspecified atom stereocenters. The van der Waals surface area contributed by atoms with Crippen molar-refractivity contribution >= 4 is 17.6 Å². The van der Waals surface area contributed by atoms with Crippen molar-refractivity contribution in [3.05, 3.63) is 29.3 Å². The summed E-state index contributed by atoms with van der Waals surface area (Å²) in [5.41, 5.74) is 3.09. The highest BCUT2D eigenvalue weighted by Crippen LogP contribution is 2.39. The number of carbonyl (C=O) groups is 1. The molecule has 3 aliphatic heterocycles. The van der Waals surface area contributed by atoms with E-state index in [1.54, 1.807) is 25.2 Å². The highest BCUT2D eigenvalue weighted by Gasteiger charge is 2.37. The van der Waals surface area contributed by atoms with Gasteiger partial charge in [0.2, 0.25) is 5.96 Å². The predicted octanol–water partition coefficient (Wildman–Crippen LogP) is 1.11. The Morgan fingerprint density at radius 3 is 2.64 bits per heavy atom. The minimum atomic E-state index is 0.00475. The molecule has 0 saturated heterocycles. The summed E-state index contributed by atoms with van der Waals surface area (Å²) in [5, 5.41) is 0. The Bertz CT molecular complexity index is 724. The topological polar surface area (TPSA) is 54.4 Å². The van der Waals surface area contributed by atoms with Gasteiger partial charge < -0.3 is 14.4 Å². The van der Waals surface area contributed by atoms with Gasteiger partial charge in [-0.25, -0.2) is 0 Å². The van der Waals surface area contributed by atoms with E-state index in [4.69, 9.17) is 9.47 Å². The van der Waals surface area contributed by atoms with E-state index >= 15 is 0 Å². The summed E-state index contributed by atoms with van der Waals surface area (Å²) in [7, 11) is 3.25. The minimum Gasteiger partial charge on any atom is -0.493 e. The van der Waals surface area contributed by atoms with Crippen LogP contribution in [0.5, 0.6) is 11.5 Å². The van der Waals surface area contributed by atoms with Crippen LogP contribution >= 0.6 is 0 Å². The van der Waals surface area contributed by atoms with Crippen molar-refractivity contribution in [2.24, 2.45) is 4.99 Å². The molecular weight excluding hydrogens is 282 g/mol. The van der Waals surface area contributed by atoms with Gasteiger partial charge in [-0.15, -0.1) is 0 Å². The van der Waals surface area contributed by atoms with Crippen LogP contribution < -0.4 is 9.47 Å². The van der Waals surface area contributed by atoms with Gasteiger partial charge in [0, 0.05) is 24.7 Å². The second-order valence-corrected chi connectivity index (χ2v) is 5.47. The Balaban J connectivity index is 1.87. The third-order valence-electron chi connectivity index (χ3n) is 4.37. The fourth-order valence-corrected chi connectivity index (χ4v) is 3.30. The summed E-state index contributed by atoms with van der Waals surface area (Å²) in [6.07, 6.45) is 2.59. The van der Waals surface area contributed by atoms with Crippen LogP contribution in [0.15, 0.2) is 23.2 Å². The number of ether oxygens (including phenoxy) is 2. The first kappa shape index (κ1) is 13.2. The van der Waals surface area contributed by atoms with Gasteiger partial charge in [0.05, 0.1) is 26.5 Å². The standard InChI is InChI=1S/C16H17N3O3/c1-21-13-7-10-3-5-18-12(11(10)8-14(13)22-2)9-15(20)19-6-4-17-16(18)19/h7-9H,3-6H2,1-2H3. The monoisotopic (exact) mass is 299 g/mol. The van der Waals surface area contributed by atoms with E-state index < -0.39 is 0 Å². The zero-order chi connectivity index (χ0) is 15.3. The summed E-state index contributed by atoms with van der Waals surface area (Å²) >= 11 is 0. The molecule has 3 aliphatic rings. The Kier molecular flexibility index (Phi) is 2.85. The Labute approximate surface area is 128 Å². The van der Waals surface area contributed by atoms with Crippen LogP contribution in [0.2, 0.25) is 0 Å². The van der Waals surface area contributed by atoms with Crippen LogP contribution in [-0.2, 0) is 11.2 Å². The predicted molar refractivity (Wildman–Crippen MR) is 81.9 cm³/mol. The third kappa shape index (κ3) is 1.73. The van der Waals surface area contributed by atoms with Crippen LogP contribution in [0.4, 0.5) is 0 Å². The molecule has 6 heteroatoms. The maximum absolute atomic E-state index is 12.3. The number of rotatable bonds is 2. The van der Waals surface area contributed by atoms with E-state index in [1.807, 2.05) is 12.1 Å². The molecule has 0 bridgehead atoms. The minimum absolute atomic E-state index is 0.00475. The molecule has 3 heterocycles. The number of hydrogen-bond acceptors (Lipinski definition) is 5. The van der Waals surface area contributed by atoms with Crippen molar-refractivity contribution in [1.82, 2.24) is 9.80 Å². The number of fused-ring (bicyclic) bond motifs is 5. The van der Waals surface area contributed by atoms with Crippen molar-refractivity contribution < 1.29 is 14.3 Å². The number of amides is 1. The molecule has 0 atom stereocenters. The summed E-state index contributed by atoms with van der Waals surface area (Å²) in [6.45, 7) is 2.17. The average Bonchev–Trinajstić information content (AvgIpc) is 3.04. The average molecular weight is 299 g/mol. The molecule has 0 fully saturated rings. The zero-order valence-electron chi connectivity index (χ0n) is 12.6. The van der Waals surface area contributed by atoms with E-state index in [1.165, 1.54) is 5.56 Å². The van der Waals surface area contributed by atoms with Crippen molar-refractivity contribution in [3.63, 3.8) is 0 Å².